The molecule has 0 spiro atoms. The van der Waals surface area contributed by atoms with Gasteiger partial charge in [0, 0.05) is 12.5 Å². The van der Waals surface area contributed by atoms with Crippen LogP contribution in [0.1, 0.15) is 33.1 Å². The lowest BCUT2D eigenvalue weighted by Crippen LogP contribution is -2.51. The largest absolute Gasteiger partial charge is 0.391 e. The van der Waals surface area contributed by atoms with Gasteiger partial charge in [0.25, 0.3) is 0 Å². The summed E-state index contributed by atoms with van der Waals surface area (Å²) in [6.45, 7) is 5.80. The number of thiocarbonyl (C=S) groups is 1. The second-order valence-corrected chi connectivity index (χ2v) is 5.06. The Bertz CT molecular complexity index is 284. The van der Waals surface area contributed by atoms with Crippen LogP contribution in [0.2, 0.25) is 0 Å². The molecule has 1 fully saturated rings. The van der Waals surface area contributed by atoms with E-state index in [1.165, 1.54) is 0 Å². The summed E-state index contributed by atoms with van der Waals surface area (Å²) in [6, 6.07) is 0. The van der Waals surface area contributed by atoms with E-state index in [9.17, 15) is 4.79 Å². The predicted molar refractivity (Wildman–Crippen MR) is 71.8 cm³/mol. The summed E-state index contributed by atoms with van der Waals surface area (Å²) in [6.07, 6.45) is 2.89. The Hall–Kier alpha value is -0.680. The Kier molecular flexibility index (Phi) is 5.85. The monoisotopic (exact) mass is 258 g/mol. The van der Waals surface area contributed by atoms with Crippen LogP contribution in [0.15, 0.2) is 0 Å². The highest BCUT2D eigenvalue weighted by Gasteiger charge is 2.28. The third-order valence-electron chi connectivity index (χ3n) is 3.11. The molecular weight excluding hydrogens is 236 g/mol. The van der Waals surface area contributed by atoms with Crippen LogP contribution < -0.4 is 5.73 Å². The van der Waals surface area contributed by atoms with Crippen molar-refractivity contribution in [2.75, 3.05) is 19.7 Å². The molecule has 0 aromatic carbocycles. The van der Waals surface area contributed by atoms with E-state index < -0.39 is 0 Å². The average molecular weight is 258 g/mol. The minimum absolute atomic E-state index is 0.0834. The number of morpholine rings is 1. The number of carbonyl (C=O) groups excluding carboxylic acids is 1. The summed E-state index contributed by atoms with van der Waals surface area (Å²) < 4.78 is 5.42. The topological polar surface area (TPSA) is 55.6 Å². The summed E-state index contributed by atoms with van der Waals surface area (Å²) in [5, 5.41) is 0. The van der Waals surface area contributed by atoms with Gasteiger partial charge in [0.2, 0.25) is 5.91 Å². The highest BCUT2D eigenvalue weighted by atomic mass is 32.1. The molecule has 5 heteroatoms. The SMILES string of the molecule is CCCCC(C)C(=O)N1CCOC(C(N)=S)C1. The van der Waals surface area contributed by atoms with E-state index in [4.69, 9.17) is 22.7 Å². The Labute approximate surface area is 108 Å². The smallest absolute Gasteiger partial charge is 0.225 e. The molecule has 0 bridgehead atoms. The highest BCUT2D eigenvalue weighted by Crippen LogP contribution is 2.14. The number of carbonyl (C=O) groups is 1. The molecule has 1 heterocycles. The normalized spacial score (nSPS) is 22.2. The van der Waals surface area contributed by atoms with Gasteiger partial charge in [-0.25, -0.2) is 0 Å². The van der Waals surface area contributed by atoms with Crippen molar-refractivity contribution >= 4 is 23.1 Å². The first-order chi connectivity index (χ1) is 8.06. The van der Waals surface area contributed by atoms with Gasteiger partial charge in [0.15, 0.2) is 0 Å². The van der Waals surface area contributed by atoms with Crippen LogP contribution in [0, 0.1) is 5.92 Å². The molecule has 1 aliphatic heterocycles. The minimum Gasteiger partial charge on any atom is -0.391 e. The number of nitrogens with zero attached hydrogens (tertiary/aromatic N) is 1. The van der Waals surface area contributed by atoms with Gasteiger partial charge in [0.05, 0.1) is 13.2 Å². The summed E-state index contributed by atoms with van der Waals surface area (Å²) in [7, 11) is 0. The summed E-state index contributed by atoms with van der Waals surface area (Å²) in [4.78, 5) is 14.3. The van der Waals surface area contributed by atoms with Gasteiger partial charge >= 0.3 is 0 Å². The highest BCUT2D eigenvalue weighted by molar-refractivity contribution is 7.80. The van der Waals surface area contributed by atoms with E-state index in [1.807, 2.05) is 11.8 Å². The van der Waals surface area contributed by atoms with Crippen LogP contribution in [-0.4, -0.2) is 41.6 Å². The third kappa shape index (κ3) is 4.24. The second kappa shape index (κ2) is 6.91. The number of rotatable bonds is 5. The van der Waals surface area contributed by atoms with Crippen molar-refractivity contribution in [2.24, 2.45) is 11.7 Å². The molecule has 0 aromatic heterocycles. The standard InChI is InChI=1S/C12H22N2O2S/c1-3-4-5-9(2)12(15)14-6-7-16-10(8-14)11(13)17/h9-10H,3-8H2,1-2H3,(H2,13,17). The van der Waals surface area contributed by atoms with E-state index in [1.54, 1.807) is 0 Å². The number of hydrogen-bond donors (Lipinski definition) is 1. The molecule has 1 rings (SSSR count). The lowest BCUT2D eigenvalue weighted by molar-refractivity contribution is -0.140. The Morgan fingerprint density at radius 1 is 1.65 bits per heavy atom. The van der Waals surface area contributed by atoms with Crippen molar-refractivity contribution in [2.45, 2.75) is 39.2 Å². The van der Waals surface area contributed by atoms with Crippen molar-refractivity contribution in [3.05, 3.63) is 0 Å². The van der Waals surface area contributed by atoms with E-state index >= 15 is 0 Å². The van der Waals surface area contributed by atoms with Gasteiger partial charge < -0.3 is 15.4 Å². The summed E-state index contributed by atoms with van der Waals surface area (Å²) in [5.41, 5.74) is 5.55. The summed E-state index contributed by atoms with van der Waals surface area (Å²) in [5.74, 6) is 0.281. The molecule has 1 aliphatic rings. The molecule has 0 aliphatic carbocycles. The maximum absolute atomic E-state index is 12.2. The Morgan fingerprint density at radius 2 is 2.35 bits per heavy atom. The van der Waals surface area contributed by atoms with E-state index in [0.717, 1.165) is 19.3 Å². The zero-order valence-electron chi connectivity index (χ0n) is 10.6. The predicted octanol–water partition coefficient (Wildman–Crippen LogP) is 1.33. The number of ether oxygens (including phenoxy) is 1. The zero-order valence-corrected chi connectivity index (χ0v) is 11.5. The van der Waals surface area contributed by atoms with Gasteiger partial charge in [-0.2, -0.15) is 0 Å². The second-order valence-electron chi connectivity index (χ2n) is 4.59. The van der Waals surface area contributed by atoms with Crippen molar-refractivity contribution < 1.29 is 9.53 Å². The number of amides is 1. The maximum Gasteiger partial charge on any atom is 0.225 e. The minimum atomic E-state index is -0.277. The quantitative estimate of drug-likeness (QED) is 0.756. The molecule has 2 atom stereocenters. The molecule has 0 aromatic rings. The molecule has 1 saturated heterocycles. The fourth-order valence-corrected chi connectivity index (χ4v) is 2.11. The van der Waals surface area contributed by atoms with E-state index in [2.05, 4.69) is 6.92 Å². The van der Waals surface area contributed by atoms with Gasteiger partial charge in [0.1, 0.15) is 11.1 Å². The third-order valence-corrected chi connectivity index (χ3v) is 3.37. The van der Waals surface area contributed by atoms with Crippen LogP contribution in [0.25, 0.3) is 0 Å². The van der Waals surface area contributed by atoms with Crippen LogP contribution in [0.5, 0.6) is 0 Å². The lowest BCUT2D eigenvalue weighted by atomic mass is 10.0. The first-order valence-corrected chi connectivity index (χ1v) is 6.66. The van der Waals surface area contributed by atoms with Crippen molar-refractivity contribution in [1.82, 2.24) is 4.90 Å². The van der Waals surface area contributed by atoms with E-state index in [0.29, 0.717) is 24.7 Å². The van der Waals surface area contributed by atoms with Gasteiger partial charge in [-0.1, -0.05) is 38.9 Å². The molecule has 4 nitrogen and oxygen atoms in total. The van der Waals surface area contributed by atoms with Crippen LogP contribution in [-0.2, 0) is 9.53 Å². The maximum atomic E-state index is 12.2. The van der Waals surface area contributed by atoms with Crippen molar-refractivity contribution in [3.8, 4) is 0 Å². The average Bonchev–Trinajstić information content (AvgIpc) is 2.35. The van der Waals surface area contributed by atoms with Crippen LogP contribution in [0.4, 0.5) is 0 Å². The number of hydrogen-bond acceptors (Lipinski definition) is 3. The first-order valence-electron chi connectivity index (χ1n) is 6.26. The zero-order chi connectivity index (χ0) is 12.8. The lowest BCUT2D eigenvalue weighted by Gasteiger charge is -2.34. The molecule has 1 amide bonds. The Balaban J connectivity index is 2.48. The Morgan fingerprint density at radius 3 is 2.94 bits per heavy atom. The molecular formula is C12H22N2O2S. The summed E-state index contributed by atoms with van der Waals surface area (Å²) >= 11 is 4.91. The van der Waals surface area contributed by atoms with E-state index in [-0.39, 0.29) is 17.9 Å². The van der Waals surface area contributed by atoms with Gasteiger partial charge in [-0.05, 0) is 6.42 Å². The number of nitrogens with two attached hydrogens (primary N) is 1. The van der Waals surface area contributed by atoms with Crippen molar-refractivity contribution in [3.63, 3.8) is 0 Å². The molecule has 0 radical (unpaired) electrons. The van der Waals surface area contributed by atoms with Crippen LogP contribution >= 0.6 is 12.2 Å². The van der Waals surface area contributed by atoms with Gasteiger partial charge in [-0.15, -0.1) is 0 Å². The van der Waals surface area contributed by atoms with Gasteiger partial charge in [-0.3, -0.25) is 4.79 Å². The number of unbranched alkanes of at least 4 members (excludes halogenated alkanes) is 1. The molecule has 2 unspecified atom stereocenters. The fourth-order valence-electron chi connectivity index (χ4n) is 1.97. The molecule has 2 N–H and O–H groups in total. The van der Waals surface area contributed by atoms with Crippen molar-refractivity contribution in [1.29, 1.82) is 0 Å². The fraction of sp³-hybridized carbons (Fsp3) is 0.833. The molecule has 98 valence electrons. The van der Waals surface area contributed by atoms with Crippen LogP contribution in [0.3, 0.4) is 0 Å². The molecule has 0 saturated carbocycles. The first kappa shape index (κ1) is 14.4. The molecule has 17 heavy (non-hydrogen) atoms.